The Kier molecular flexibility index (Phi) is 7.79. The van der Waals surface area contributed by atoms with E-state index in [1.165, 1.54) is 10.3 Å². The number of aromatic amines is 1. The molecule has 0 saturated heterocycles. The lowest BCUT2D eigenvalue weighted by Crippen LogP contribution is -2.68. The second-order valence-electron chi connectivity index (χ2n) is 8.09. The number of ether oxygens (including phenoxy) is 2. The highest BCUT2D eigenvalue weighted by atomic mass is 35.7. The molecule has 11 heteroatoms. The second-order valence-corrected chi connectivity index (χ2v) is 9.87. The van der Waals surface area contributed by atoms with E-state index >= 15 is 0 Å². The molecular weight excluding hydrogens is 520 g/mol. The van der Waals surface area contributed by atoms with Gasteiger partial charge in [-0.3, -0.25) is 0 Å². The zero-order valence-electron chi connectivity index (χ0n) is 20.4. The minimum Gasteiger partial charge on any atom is -0.493 e. The number of rotatable bonds is 4. The molecule has 0 aliphatic carbocycles. The second kappa shape index (κ2) is 10.9. The lowest BCUT2D eigenvalue weighted by molar-refractivity contribution is -2.00. The van der Waals surface area contributed by atoms with Gasteiger partial charge in [-0.15, -0.1) is 10.2 Å². The van der Waals surface area contributed by atoms with Crippen LogP contribution in [0.25, 0.3) is 32.5 Å². The van der Waals surface area contributed by atoms with E-state index in [0.29, 0.717) is 17.3 Å². The van der Waals surface area contributed by atoms with Gasteiger partial charge >= 0.3 is 5.13 Å². The molecule has 1 N–H and O–H groups in total. The highest BCUT2D eigenvalue weighted by molar-refractivity contribution is 7.21. The van der Waals surface area contributed by atoms with Crippen LogP contribution in [0.3, 0.4) is 0 Å². The minimum absolute atomic E-state index is 0.649. The molecule has 0 radical (unpaired) electrons. The summed E-state index contributed by atoms with van der Waals surface area (Å²) in [6.07, 6.45) is 0. The van der Waals surface area contributed by atoms with Crippen LogP contribution >= 0.6 is 11.3 Å². The third-order valence-corrected chi connectivity index (χ3v) is 6.32. The molecule has 5 rings (SSSR count). The third kappa shape index (κ3) is 6.63. The van der Waals surface area contributed by atoms with Gasteiger partial charge in [-0.05, 0) is 78.2 Å². The summed E-state index contributed by atoms with van der Waals surface area (Å²) in [5.41, 5.74) is 5.13. The van der Waals surface area contributed by atoms with E-state index in [4.69, 9.17) is 37.5 Å². The van der Waals surface area contributed by atoms with Crippen LogP contribution < -0.4 is 38.5 Å². The number of thiazole rings is 1. The van der Waals surface area contributed by atoms with Crippen LogP contribution in [0.4, 0.5) is 5.13 Å². The molecule has 0 bridgehead atoms. The van der Waals surface area contributed by atoms with Crippen molar-refractivity contribution < 1.29 is 47.8 Å². The summed E-state index contributed by atoms with van der Waals surface area (Å²) in [5, 5.41) is 2.66. The molecule has 2 aromatic heterocycles. The first-order valence-electron chi connectivity index (χ1n) is 10.9. The Morgan fingerprint density at radius 1 is 0.838 bits per heavy atom. The molecule has 0 saturated carbocycles. The van der Waals surface area contributed by atoms with E-state index < -0.39 is 10.2 Å². The molecule has 0 atom stereocenters. The number of benzene rings is 3. The van der Waals surface area contributed by atoms with Crippen molar-refractivity contribution in [2.45, 2.75) is 13.8 Å². The maximum Gasteiger partial charge on any atom is 0.381 e. The molecule has 0 fully saturated rings. The maximum absolute atomic E-state index is 8.49. The van der Waals surface area contributed by atoms with Crippen molar-refractivity contribution in [2.75, 3.05) is 14.2 Å². The van der Waals surface area contributed by atoms with E-state index in [1.54, 1.807) is 25.6 Å². The highest BCUT2D eigenvalue weighted by Gasteiger charge is 2.15. The smallest absolute Gasteiger partial charge is 0.381 e. The van der Waals surface area contributed by atoms with Crippen molar-refractivity contribution in [1.82, 2.24) is 0 Å². The van der Waals surface area contributed by atoms with Crippen LogP contribution in [0.1, 0.15) is 11.1 Å². The molecule has 9 nitrogen and oxygen atoms in total. The average Bonchev–Trinajstić information content (AvgIpc) is 3.24. The molecule has 3 aromatic carbocycles. The van der Waals surface area contributed by atoms with Crippen molar-refractivity contribution in [3.05, 3.63) is 77.1 Å². The lowest BCUT2D eigenvalue weighted by atomic mass is 10.1. The van der Waals surface area contributed by atoms with Crippen LogP contribution in [0.2, 0.25) is 0 Å². The van der Waals surface area contributed by atoms with Gasteiger partial charge in [0.1, 0.15) is 16.9 Å². The molecule has 0 amide bonds. The number of aryl methyl sites for hydroxylation is 2. The largest absolute Gasteiger partial charge is 0.493 e. The van der Waals surface area contributed by atoms with Gasteiger partial charge < -0.3 is 13.9 Å². The summed E-state index contributed by atoms with van der Waals surface area (Å²) in [6.45, 7) is 4.17. The van der Waals surface area contributed by atoms with E-state index in [-0.39, 0.29) is 0 Å². The Morgan fingerprint density at radius 3 is 2.22 bits per heavy atom. The Labute approximate surface area is 218 Å². The number of aromatic nitrogens is 1. The van der Waals surface area contributed by atoms with Crippen LogP contribution in [0, 0.1) is 24.1 Å². The molecule has 0 aliphatic rings. The van der Waals surface area contributed by atoms with Gasteiger partial charge in [-0.2, -0.15) is 0 Å². The van der Waals surface area contributed by atoms with E-state index in [9.17, 15) is 0 Å². The maximum atomic E-state index is 8.49. The van der Waals surface area contributed by atoms with Crippen molar-refractivity contribution >= 4 is 37.7 Å². The number of nitrogens with zero attached hydrogens (tertiary/aromatic N) is 1. The predicted molar refractivity (Wildman–Crippen MR) is 128 cm³/mol. The van der Waals surface area contributed by atoms with Crippen molar-refractivity contribution in [2.24, 2.45) is 4.99 Å². The Balaban J connectivity index is 0.000000586. The van der Waals surface area contributed by atoms with Crippen LogP contribution in [-0.2, 0) is 0 Å². The van der Waals surface area contributed by atoms with Gasteiger partial charge in [-0.25, -0.2) is 23.6 Å². The zero-order valence-corrected chi connectivity index (χ0v) is 21.9. The fraction of sp³-hybridized carbons (Fsp3) is 0.154. The van der Waals surface area contributed by atoms with Crippen LogP contribution in [0.5, 0.6) is 11.5 Å². The first-order chi connectivity index (χ1) is 17.5. The van der Waals surface area contributed by atoms with Crippen molar-refractivity contribution in [3.8, 4) is 22.8 Å². The average molecular weight is 543 g/mol. The third-order valence-electron chi connectivity index (χ3n) is 5.37. The molecule has 37 heavy (non-hydrogen) atoms. The molecular formula is C26H23ClN2O7S. The van der Waals surface area contributed by atoms with Crippen molar-refractivity contribution in [3.63, 3.8) is 0 Å². The van der Waals surface area contributed by atoms with E-state index in [1.807, 2.05) is 36.4 Å². The summed E-state index contributed by atoms with van der Waals surface area (Å²) in [4.78, 5) is 8.41. The lowest BCUT2D eigenvalue weighted by Gasteiger charge is -2.17. The fourth-order valence-corrected chi connectivity index (χ4v) is 4.72. The molecule has 5 aromatic rings. The number of fused-ring (bicyclic) bond motifs is 2. The Hall–Kier alpha value is -3.51. The quantitative estimate of drug-likeness (QED) is 0.331. The minimum atomic E-state index is -4.94. The standard InChI is InChI=1S/C26H22N2O3S.ClHO4/c1-15-6-9-21-18(11-15)20(28-26-27-19-8-5-16(2)12-25(19)32-26)14-23(31-21)17-7-10-22(29-3)24(13-17)30-4;2-1(3,4)5/h5-14H,1-4H3;(H,2,3,4,5)/b28-20+;. The monoisotopic (exact) mass is 542 g/mol. The number of H-pyrrole nitrogens is 1. The van der Waals surface area contributed by atoms with Gasteiger partial charge in [0.2, 0.25) is 0 Å². The molecule has 0 spiro atoms. The highest BCUT2D eigenvalue weighted by Crippen LogP contribution is 2.33. The van der Waals surface area contributed by atoms with E-state index in [2.05, 4.69) is 43.1 Å². The number of nitrogens with one attached hydrogen (secondary N) is 1. The summed E-state index contributed by atoms with van der Waals surface area (Å²) >= 11 is 1.64. The summed E-state index contributed by atoms with van der Waals surface area (Å²) < 4.78 is 52.3. The summed E-state index contributed by atoms with van der Waals surface area (Å²) in [6, 6.07) is 20.2. The predicted octanol–water partition coefficient (Wildman–Crippen LogP) is 1.24. The normalized spacial score (nSPS) is 11.9. The topological polar surface area (TPSA) is 150 Å². The first-order valence-corrected chi connectivity index (χ1v) is 12.9. The van der Waals surface area contributed by atoms with Gasteiger partial charge in [0.05, 0.1) is 24.3 Å². The van der Waals surface area contributed by atoms with Crippen LogP contribution in [-0.4, -0.2) is 14.2 Å². The number of methoxy groups -OCH3 is 2. The SMILES string of the molecule is COc1ccc(-c2c/c(=N\c3[nH+]c4ccc(C)cc4s3)c3cc(C)ccc3o2)cc1OC.[O-][Cl+3]([O-])([O-])[O-]. The number of halogens is 1. The molecule has 0 unspecified atom stereocenters. The van der Waals surface area contributed by atoms with Gasteiger partial charge in [0, 0.05) is 11.6 Å². The zero-order chi connectivity index (χ0) is 26.7. The Bertz CT molecular complexity index is 1630. The van der Waals surface area contributed by atoms with Gasteiger partial charge in [0.15, 0.2) is 16.9 Å². The molecule has 2 heterocycles. The van der Waals surface area contributed by atoms with Crippen LogP contribution in [0.15, 0.2) is 70.1 Å². The molecule has 0 aliphatic heterocycles. The first kappa shape index (κ1) is 26.6. The summed E-state index contributed by atoms with van der Waals surface area (Å²) in [5.74, 6) is 2.03. The van der Waals surface area contributed by atoms with E-state index in [0.717, 1.165) is 38.1 Å². The number of hydrogen-bond acceptors (Lipinski definition) is 9. The Morgan fingerprint density at radius 2 is 1.51 bits per heavy atom. The molecule has 192 valence electrons. The number of hydrogen-bond donors (Lipinski definition) is 0. The summed E-state index contributed by atoms with van der Waals surface area (Å²) in [7, 11) is -1.69. The van der Waals surface area contributed by atoms with Gasteiger partial charge in [0.25, 0.3) is 0 Å². The van der Waals surface area contributed by atoms with Gasteiger partial charge in [-0.1, -0.05) is 17.7 Å². The fourth-order valence-electron chi connectivity index (χ4n) is 3.73. The van der Waals surface area contributed by atoms with Crippen molar-refractivity contribution in [1.29, 1.82) is 0 Å².